The zero-order valence-corrected chi connectivity index (χ0v) is 14.3. The fraction of sp³-hybridized carbons (Fsp3) is 0.353. The minimum atomic E-state index is -0.376. The van der Waals surface area contributed by atoms with Gasteiger partial charge in [-0.3, -0.25) is 9.89 Å². The minimum Gasteiger partial charge on any atom is -0.496 e. The summed E-state index contributed by atoms with van der Waals surface area (Å²) in [4.78, 5) is 12.1. The van der Waals surface area contributed by atoms with E-state index in [0.717, 1.165) is 18.5 Å². The Morgan fingerprint density at radius 1 is 1.16 bits per heavy atom. The second-order valence-corrected chi connectivity index (χ2v) is 5.63. The molecule has 8 heteroatoms. The molecule has 2 aromatic rings. The number of hydrogen-bond donors (Lipinski definition) is 2. The molecule has 1 amide bonds. The maximum absolute atomic E-state index is 12.1. The van der Waals surface area contributed by atoms with E-state index in [4.69, 9.17) is 14.2 Å². The van der Waals surface area contributed by atoms with Gasteiger partial charge in [0.2, 0.25) is 0 Å². The van der Waals surface area contributed by atoms with E-state index in [1.165, 1.54) is 6.21 Å². The molecule has 1 aliphatic carbocycles. The number of amides is 1. The molecule has 1 aromatic carbocycles. The van der Waals surface area contributed by atoms with Crippen molar-refractivity contribution in [1.29, 1.82) is 0 Å². The van der Waals surface area contributed by atoms with E-state index in [0.29, 0.717) is 34.4 Å². The molecule has 3 rings (SSSR count). The number of aromatic nitrogens is 2. The summed E-state index contributed by atoms with van der Waals surface area (Å²) < 4.78 is 15.8. The van der Waals surface area contributed by atoms with Crippen molar-refractivity contribution in [3.05, 3.63) is 35.2 Å². The van der Waals surface area contributed by atoms with Crippen LogP contribution in [0.5, 0.6) is 17.2 Å². The molecule has 0 unspecified atom stereocenters. The molecule has 0 atom stereocenters. The fourth-order valence-electron chi connectivity index (χ4n) is 2.43. The average molecular weight is 344 g/mol. The summed E-state index contributed by atoms with van der Waals surface area (Å²) in [6.07, 6.45) is 3.76. The first kappa shape index (κ1) is 16.8. The van der Waals surface area contributed by atoms with Crippen LogP contribution in [0.4, 0.5) is 0 Å². The van der Waals surface area contributed by atoms with Gasteiger partial charge in [-0.1, -0.05) is 0 Å². The highest BCUT2D eigenvalue weighted by Crippen LogP contribution is 2.39. The predicted molar refractivity (Wildman–Crippen MR) is 91.7 cm³/mol. The maximum atomic E-state index is 12.1. The van der Waals surface area contributed by atoms with Crippen molar-refractivity contribution < 1.29 is 19.0 Å². The smallest absolute Gasteiger partial charge is 0.291 e. The molecule has 132 valence electrons. The summed E-state index contributed by atoms with van der Waals surface area (Å²) in [5.74, 6) is 1.76. The number of nitrogens with zero attached hydrogens (tertiary/aromatic N) is 2. The lowest BCUT2D eigenvalue weighted by atomic mass is 10.2. The Kier molecular flexibility index (Phi) is 4.87. The standard InChI is InChI=1S/C17H20N4O4/c1-23-14-8-16(25-3)15(24-2)6-11(14)9-18-21-17(22)13-7-12(19-20-13)10-4-5-10/h6-10H,4-5H2,1-3H3,(H,19,20)(H,21,22)/b18-9+. The molecule has 1 heterocycles. The quantitative estimate of drug-likeness (QED) is 0.592. The van der Waals surface area contributed by atoms with Gasteiger partial charge in [0.15, 0.2) is 17.2 Å². The second kappa shape index (κ2) is 7.25. The van der Waals surface area contributed by atoms with Gasteiger partial charge in [0, 0.05) is 23.2 Å². The third-order valence-electron chi connectivity index (χ3n) is 3.95. The summed E-state index contributed by atoms with van der Waals surface area (Å²) in [7, 11) is 4.63. The number of aromatic amines is 1. The average Bonchev–Trinajstić information content (AvgIpc) is 3.37. The molecule has 2 N–H and O–H groups in total. The van der Waals surface area contributed by atoms with E-state index < -0.39 is 0 Å². The number of carbonyl (C=O) groups excluding carboxylic acids is 1. The van der Waals surface area contributed by atoms with Crippen LogP contribution < -0.4 is 19.6 Å². The molecular weight excluding hydrogens is 324 g/mol. The van der Waals surface area contributed by atoms with Crippen molar-refractivity contribution in [3.63, 3.8) is 0 Å². The normalized spacial score (nSPS) is 13.7. The van der Waals surface area contributed by atoms with Gasteiger partial charge in [0.1, 0.15) is 5.75 Å². The van der Waals surface area contributed by atoms with Crippen molar-refractivity contribution in [2.75, 3.05) is 21.3 Å². The van der Waals surface area contributed by atoms with Gasteiger partial charge in [-0.25, -0.2) is 5.43 Å². The Morgan fingerprint density at radius 2 is 1.84 bits per heavy atom. The highest BCUT2D eigenvalue weighted by molar-refractivity contribution is 5.93. The summed E-state index contributed by atoms with van der Waals surface area (Å²) in [6.45, 7) is 0. The maximum Gasteiger partial charge on any atom is 0.291 e. The monoisotopic (exact) mass is 344 g/mol. The van der Waals surface area contributed by atoms with Crippen molar-refractivity contribution in [3.8, 4) is 17.2 Å². The minimum absolute atomic E-state index is 0.318. The Balaban J connectivity index is 1.71. The summed E-state index contributed by atoms with van der Waals surface area (Å²) in [6, 6.07) is 5.17. The van der Waals surface area contributed by atoms with Crippen LogP contribution in [0.25, 0.3) is 0 Å². The van der Waals surface area contributed by atoms with E-state index in [9.17, 15) is 4.79 Å². The first-order valence-electron chi connectivity index (χ1n) is 7.85. The molecule has 0 aliphatic heterocycles. The van der Waals surface area contributed by atoms with Gasteiger partial charge >= 0.3 is 0 Å². The lowest BCUT2D eigenvalue weighted by Gasteiger charge is -2.11. The number of benzene rings is 1. The number of ether oxygens (including phenoxy) is 3. The van der Waals surface area contributed by atoms with Gasteiger partial charge in [0.25, 0.3) is 5.91 Å². The third-order valence-corrected chi connectivity index (χ3v) is 3.95. The van der Waals surface area contributed by atoms with Gasteiger partial charge in [-0.2, -0.15) is 10.2 Å². The number of carbonyl (C=O) groups is 1. The molecule has 0 radical (unpaired) electrons. The Bertz CT molecular complexity index is 796. The lowest BCUT2D eigenvalue weighted by Crippen LogP contribution is -2.18. The first-order valence-corrected chi connectivity index (χ1v) is 7.85. The van der Waals surface area contributed by atoms with E-state index in [1.807, 2.05) is 0 Å². The van der Waals surface area contributed by atoms with Crippen LogP contribution >= 0.6 is 0 Å². The van der Waals surface area contributed by atoms with Crippen LogP contribution in [0.3, 0.4) is 0 Å². The van der Waals surface area contributed by atoms with E-state index >= 15 is 0 Å². The molecule has 8 nitrogen and oxygen atoms in total. The molecule has 0 saturated heterocycles. The summed E-state index contributed by atoms with van der Waals surface area (Å²) in [5, 5.41) is 10.9. The predicted octanol–water partition coefficient (Wildman–Crippen LogP) is 2.08. The van der Waals surface area contributed by atoms with Crippen LogP contribution in [0.15, 0.2) is 23.3 Å². The summed E-state index contributed by atoms with van der Waals surface area (Å²) >= 11 is 0. The van der Waals surface area contributed by atoms with Crippen LogP contribution in [0.2, 0.25) is 0 Å². The van der Waals surface area contributed by atoms with E-state index in [1.54, 1.807) is 39.5 Å². The largest absolute Gasteiger partial charge is 0.496 e. The van der Waals surface area contributed by atoms with Gasteiger partial charge < -0.3 is 14.2 Å². The SMILES string of the molecule is COc1cc(OC)c(OC)cc1/C=N/NC(=O)c1cc(C2CC2)[nH]n1. The number of H-pyrrole nitrogens is 1. The van der Waals surface area contributed by atoms with Crippen molar-refractivity contribution >= 4 is 12.1 Å². The molecule has 1 saturated carbocycles. The number of methoxy groups -OCH3 is 3. The third kappa shape index (κ3) is 3.73. The molecule has 25 heavy (non-hydrogen) atoms. The number of hydrazone groups is 1. The number of hydrogen-bond acceptors (Lipinski definition) is 6. The van der Waals surface area contributed by atoms with Crippen molar-refractivity contribution in [2.24, 2.45) is 5.10 Å². The Morgan fingerprint density at radius 3 is 2.48 bits per heavy atom. The van der Waals surface area contributed by atoms with Crippen LogP contribution in [0, 0.1) is 0 Å². The molecular formula is C17H20N4O4. The van der Waals surface area contributed by atoms with Crippen LogP contribution in [-0.2, 0) is 0 Å². The second-order valence-electron chi connectivity index (χ2n) is 5.63. The van der Waals surface area contributed by atoms with Crippen molar-refractivity contribution in [1.82, 2.24) is 15.6 Å². The highest BCUT2D eigenvalue weighted by atomic mass is 16.5. The molecule has 0 bridgehead atoms. The zero-order valence-electron chi connectivity index (χ0n) is 14.3. The zero-order chi connectivity index (χ0) is 17.8. The summed E-state index contributed by atoms with van der Waals surface area (Å²) in [5.41, 5.74) is 4.41. The molecule has 0 spiro atoms. The highest BCUT2D eigenvalue weighted by Gasteiger charge is 2.26. The van der Waals surface area contributed by atoms with E-state index in [-0.39, 0.29) is 5.91 Å². The number of rotatable bonds is 7. The molecule has 1 fully saturated rings. The topological polar surface area (TPSA) is 97.8 Å². The van der Waals surface area contributed by atoms with Crippen LogP contribution in [0.1, 0.15) is 40.5 Å². The van der Waals surface area contributed by atoms with E-state index in [2.05, 4.69) is 20.7 Å². The van der Waals surface area contributed by atoms with Gasteiger partial charge in [-0.05, 0) is 25.0 Å². The molecule has 1 aliphatic rings. The molecule has 1 aromatic heterocycles. The van der Waals surface area contributed by atoms with Crippen LogP contribution in [-0.4, -0.2) is 43.6 Å². The van der Waals surface area contributed by atoms with Crippen molar-refractivity contribution in [2.45, 2.75) is 18.8 Å². The lowest BCUT2D eigenvalue weighted by molar-refractivity contribution is 0.0950. The number of nitrogens with one attached hydrogen (secondary N) is 2. The first-order chi connectivity index (χ1) is 12.2. The Hall–Kier alpha value is -3.03. The van der Waals surface area contributed by atoms with Gasteiger partial charge in [-0.15, -0.1) is 0 Å². The van der Waals surface area contributed by atoms with Gasteiger partial charge in [0.05, 0.1) is 27.5 Å². The Labute approximate surface area is 145 Å². The fourth-order valence-corrected chi connectivity index (χ4v) is 2.43.